The molecule has 0 radical (unpaired) electrons. The SMILES string of the molecule is CN=C(NCCN(C)CCOC)N1CC2OCCN(Cc3ccccc3)C2C1.I. The first-order chi connectivity index (χ1) is 13.7. The number of hydrogen-bond donors (Lipinski definition) is 1. The molecule has 1 N–H and O–H groups in total. The van der Waals surface area contributed by atoms with E-state index in [0.717, 1.165) is 65.0 Å². The molecule has 2 saturated heterocycles. The summed E-state index contributed by atoms with van der Waals surface area (Å²) in [6.45, 7) is 8.15. The number of fused-ring (bicyclic) bond motifs is 1. The molecule has 2 aliphatic rings. The summed E-state index contributed by atoms with van der Waals surface area (Å²) in [6.07, 6.45) is 0.250. The fraction of sp³-hybridized carbons (Fsp3) is 0.667. The number of hydrogen-bond acceptors (Lipinski definition) is 5. The smallest absolute Gasteiger partial charge is 0.193 e. The molecule has 0 bridgehead atoms. The van der Waals surface area contributed by atoms with Gasteiger partial charge in [0.05, 0.1) is 25.4 Å². The molecule has 3 rings (SSSR count). The van der Waals surface area contributed by atoms with Crippen LogP contribution in [-0.2, 0) is 16.0 Å². The number of aliphatic imine (C=N–C) groups is 1. The van der Waals surface area contributed by atoms with Crippen molar-refractivity contribution in [1.82, 2.24) is 20.0 Å². The van der Waals surface area contributed by atoms with Gasteiger partial charge in [0.25, 0.3) is 0 Å². The third-order valence-electron chi connectivity index (χ3n) is 5.61. The van der Waals surface area contributed by atoms with Crippen molar-refractivity contribution in [2.75, 3.05) is 73.7 Å². The maximum Gasteiger partial charge on any atom is 0.193 e. The van der Waals surface area contributed by atoms with Gasteiger partial charge in [-0.05, 0) is 12.6 Å². The largest absolute Gasteiger partial charge is 0.383 e. The third-order valence-corrected chi connectivity index (χ3v) is 5.61. The lowest BCUT2D eigenvalue weighted by Gasteiger charge is -2.36. The summed E-state index contributed by atoms with van der Waals surface area (Å²) in [4.78, 5) is 11.7. The van der Waals surface area contributed by atoms with Crippen LogP contribution >= 0.6 is 24.0 Å². The van der Waals surface area contributed by atoms with Crippen molar-refractivity contribution in [1.29, 1.82) is 0 Å². The van der Waals surface area contributed by atoms with Gasteiger partial charge in [-0.2, -0.15) is 0 Å². The zero-order valence-corrected chi connectivity index (χ0v) is 20.2. The Kier molecular flexibility index (Phi) is 10.6. The number of benzene rings is 1. The van der Waals surface area contributed by atoms with Crippen LogP contribution in [0.4, 0.5) is 0 Å². The second kappa shape index (κ2) is 12.7. The van der Waals surface area contributed by atoms with Gasteiger partial charge in [0.15, 0.2) is 5.96 Å². The fourth-order valence-corrected chi connectivity index (χ4v) is 4.00. The summed E-state index contributed by atoms with van der Waals surface area (Å²) in [6, 6.07) is 11.1. The lowest BCUT2D eigenvalue weighted by Crippen LogP contribution is -2.50. The van der Waals surface area contributed by atoms with Gasteiger partial charge in [-0.1, -0.05) is 30.3 Å². The van der Waals surface area contributed by atoms with Crippen LogP contribution in [-0.4, -0.2) is 106 Å². The third kappa shape index (κ3) is 7.06. The van der Waals surface area contributed by atoms with Crippen LogP contribution in [0.3, 0.4) is 0 Å². The van der Waals surface area contributed by atoms with Gasteiger partial charge in [-0.15, -0.1) is 24.0 Å². The normalized spacial score (nSPS) is 22.5. The van der Waals surface area contributed by atoms with E-state index >= 15 is 0 Å². The van der Waals surface area contributed by atoms with Crippen molar-refractivity contribution >= 4 is 29.9 Å². The van der Waals surface area contributed by atoms with Gasteiger partial charge in [0.2, 0.25) is 0 Å². The fourth-order valence-electron chi connectivity index (χ4n) is 4.00. The average molecular weight is 517 g/mol. The number of rotatable bonds is 8. The van der Waals surface area contributed by atoms with E-state index in [1.54, 1.807) is 7.11 Å². The highest BCUT2D eigenvalue weighted by Crippen LogP contribution is 2.24. The Morgan fingerprint density at radius 1 is 1.28 bits per heavy atom. The molecule has 2 heterocycles. The Balaban J connectivity index is 0.00000300. The number of morpholine rings is 1. The first-order valence-electron chi connectivity index (χ1n) is 10.2. The Hall–Kier alpha value is -0.940. The Labute approximate surface area is 192 Å². The van der Waals surface area contributed by atoms with Crippen molar-refractivity contribution in [2.24, 2.45) is 4.99 Å². The van der Waals surface area contributed by atoms with E-state index in [0.29, 0.717) is 6.04 Å². The summed E-state index contributed by atoms with van der Waals surface area (Å²) < 4.78 is 11.2. The minimum absolute atomic E-state index is 0. The molecule has 1 aromatic carbocycles. The van der Waals surface area contributed by atoms with Gasteiger partial charge in [0, 0.05) is 60.0 Å². The highest BCUT2D eigenvalue weighted by Gasteiger charge is 2.41. The first kappa shape index (κ1) is 24.3. The number of likely N-dealkylation sites (tertiary alicyclic amines) is 1. The van der Waals surface area contributed by atoms with E-state index in [1.807, 2.05) is 7.05 Å². The average Bonchev–Trinajstić information content (AvgIpc) is 3.15. The summed E-state index contributed by atoms with van der Waals surface area (Å²) >= 11 is 0. The number of nitrogens with zero attached hydrogens (tertiary/aromatic N) is 4. The van der Waals surface area contributed by atoms with Crippen LogP contribution in [0, 0.1) is 0 Å². The second-order valence-electron chi connectivity index (χ2n) is 7.61. The van der Waals surface area contributed by atoms with Crippen LogP contribution in [0.5, 0.6) is 0 Å². The topological polar surface area (TPSA) is 52.6 Å². The minimum Gasteiger partial charge on any atom is -0.383 e. The summed E-state index contributed by atoms with van der Waals surface area (Å²) in [5.74, 6) is 0.970. The van der Waals surface area contributed by atoms with E-state index in [-0.39, 0.29) is 30.1 Å². The van der Waals surface area contributed by atoms with E-state index in [9.17, 15) is 0 Å². The maximum atomic E-state index is 6.09. The van der Waals surface area contributed by atoms with Crippen LogP contribution in [0.2, 0.25) is 0 Å². The Morgan fingerprint density at radius 3 is 2.79 bits per heavy atom. The monoisotopic (exact) mass is 517 g/mol. The number of guanidine groups is 1. The second-order valence-corrected chi connectivity index (χ2v) is 7.61. The molecule has 29 heavy (non-hydrogen) atoms. The molecule has 0 spiro atoms. The Bertz CT molecular complexity index is 618. The van der Waals surface area contributed by atoms with Crippen LogP contribution in [0.25, 0.3) is 0 Å². The van der Waals surface area contributed by atoms with E-state index in [4.69, 9.17) is 9.47 Å². The van der Waals surface area contributed by atoms with Crippen molar-refractivity contribution in [3.8, 4) is 0 Å². The van der Waals surface area contributed by atoms with Crippen LogP contribution in [0.1, 0.15) is 5.56 Å². The number of methoxy groups -OCH3 is 1. The zero-order chi connectivity index (χ0) is 19.8. The predicted molar refractivity (Wildman–Crippen MR) is 128 cm³/mol. The maximum absolute atomic E-state index is 6.09. The van der Waals surface area contributed by atoms with Gasteiger partial charge < -0.3 is 24.6 Å². The number of halogens is 1. The number of ether oxygens (including phenoxy) is 2. The van der Waals surface area contributed by atoms with Crippen molar-refractivity contribution < 1.29 is 9.47 Å². The molecule has 1 aromatic rings. The van der Waals surface area contributed by atoms with Crippen molar-refractivity contribution in [3.05, 3.63) is 35.9 Å². The summed E-state index contributed by atoms with van der Waals surface area (Å²) in [5, 5.41) is 3.51. The van der Waals surface area contributed by atoms with Crippen molar-refractivity contribution in [3.63, 3.8) is 0 Å². The standard InChI is InChI=1S/C21H35N5O2.HI/c1-22-21(23-9-10-24(2)11-13-27-3)26-16-19-20(17-26)28-14-12-25(19)15-18-7-5-4-6-8-18;/h4-8,19-20H,9-17H2,1-3H3,(H,22,23);1H. The molecule has 7 nitrogen and oxygen atoms in total. The van der Waals surface area contributed by atoms with Gasteiger partial charge >= 0.3 is 0 Å². The molecule has 0 aliphatic carbocycles. The van der Waals surface area contributed by atoms with Gasteiger partial charge in [-0.25, -0.2) is 0 Å². The van der Waals surface area contributed by atoms with Crippen LogP contribution in [0.15, 0.2) is 35.3 Å². The van der Waals surface area contributed by atoms with Crippen LogP contribution < -0.4 is 5.32 Å². The zero-order valence-electron chi connectivity index (χ0n) is 17.9. The molecular weight excluding hydrogens is 481 g/mol. The molecule has 8 heteroatoms. The molecule has 164 valence electrons. The molecule has 2 unspecified atom stereocenters. The highest BCUT2D eigenvalue weighted by atomic mass is 127. The van der Waals surface area contributed by atoms with E-state index in [1.165, 1.54) is 5.56 Å². The quantitative estimate of drug-likeness (QED) is 0.319. The molecular formula is C21H36IN5O2. The van der Waals surface area contributed by atoms with E-state index < -0.39 is 0 Å². The highest BCUT2D eigenvalue weighted by molar-refractivity contribution is 14.0. The minimum atomic E-state index is 0. The lowest BCUT2D eigenvalue weighted by atomic mass is 10.1. The van der Waals surface area contributed by atoms with Crippen molar-refractivity contribution in [2.45, 2.75) is 18.7 Å². The Morgan fingerprint density at radius 2 is 2.07 bits per heavy atom. The molecule has 2 fully saturated rings. The summed E-state index contributed by atoms with van der Waals surface area (Å²) in [5.41, 5.74) is 1.36. The molecule has 2 aliphatic heterocycles. The van der Waals surface area contributed by atoms with E-state index in [2.05, 4.69) is 62.4 Å². The lowest BCUT2D eigenvalue weighted by molar-refractivity contribution is -0.0502. The molecule has 2 atom stereocenters. The first-order valence-corrected chi connectivity index (χ1v) is 10.2. The molecule has 0 amide bonds. The predicted octanol–water partition coefficient (Wildman–Crippen LogP) is 1.34. The number of nitrogens with one attached hydrogen (secondary N) is 1. The summed E-state index contributed by atoms with van der Waals surface area (Å²) in [7, 11) is 5.72. The number of likely N-dealkylation sites (N-methyl/N-ethyl adjacent to an activating group) is 1. The van der Waals surface area contributed by atoms with Gasteiger partial charge in [0.1, 0.15) is 0 Å². The van der Waals surface area contributed by atoms with Gasteiger partial charge in [-0.3, -0.25) is 9.89 Å². The molecule has 0 aromatic heterocycles. The molecule has 0 saturated carbocycles.